The molecule has 1 aromatic heterocycles. The third-order valence-electron chi connectivity index (χ3n) is 3.74. The quantitative estimate of drug-likeness (QED) is 0.890. The Bertz CT molecular complexity index is 394. The number of nitrogens with zero attached hydrogens (tertiary/aromatic N) is 3. The van der Waals surface area contributed by atoms with E-state index in [1.807, 2.05) is 18.3 Å². The van der Waals surface area contributed by atoms with Crippen LogP contribution < -0.4 is 0 Å². The van der Waals surface area contributed by atoms with Crippen molar-refractivity contribution in [3.63, 3.8) is 0 Å². The Morgan fingerprint density at radius 1 is 1.37 bits per heavy atom. The van der Waals surface area contributed by atoms with Crippen molar-refractivity contribution in [1.29, 1.82) is 0 Å². The molecule has 2 rings (SSSR count). The highest BCUT2D eigenvalue weighted by atomic mass is 16.3. The van der Waals surface area contributed by atoms with Gasteiger partial charge in [-0.05, 0) is 24.6 Å². The Balaban J connectivity index is 2.10. The molecule has 1 aliphatic heterocycles. The summed E-state index contributed by atoms with van der Waals surface area (Å²) >= 11 is 0. The number of hydrogen-bond donors (Lipinski definition) is 1. The van der Waals surface area contributed by atoms with Gasteiger partial charge in [-0.15, -0.1) is 0 Å². The van der Waals surface area contributed by atoms with Crippen LogP contribution in [0.1, 0.15) is 19.5 Å². The van der Waals surface area contributed by atoms with E-state index in [0.29, 0.717) is 0 Å². The third kappa shape index (κ3) is 4.00. The molecule has 1 atom stereocenters. The predicted octanol–water partition coefficient (Wildman–Crippen LogP) is 1.22. The van der Waals surface area contributed by atoms with Crippen LogP contribution in [0.4, 0.5) is 0 Å². The summed E-state index contributed by atoms with van der Waals surface area (Å²) in [5.74, 6) is 0. The van der Waals surface area contributed by atoms with Crippen molar-refractivity contribution in [2.24, 2.45) is 5.41 Å². The van der Waals surface area contributed by atoms with Gasteiger partial charge in [0.15, 0.2) is 0 Å². The smallest absolute Gasteiger partial charge is 0.0599 e. The van der Waals surface area contributed by atoms with Gasteiger partial charge in [-0.2, -0.15) is 0 Å². The van der Waals surface area contributed by atoms with Crippen LogP contribution in [0, 0.1) is 5.41 Å². The van der Waals surface area contributed by atoms with Crippen molar-refractivity contribution < 1.29 is 5.11 Å². The monoisotopic (exact) mass is 263 g/mol. The SMILES string of the molecule is CN1CC(C)(C)CN(Cc2ccccn2)CC1CO. The first-order valence-corrected chi connectivity index (χ1v) is 6.93. The molecule has 4 nitrogen and oxygen atoms in total. The molecule has 106 valence electrons. The minimum Gasteiger partial charge on any atom is -0.395 e. The molecule has 19 heavy (non-hydrogen) atoms. The summed E-state index contributed by atoms with van der Waals surface area (Å²) in [5.41, 5.74) is 1.33. The summed E-state index contributed by atoms with van der Waals surface area (Å²) in [5, 5.41) is 9.56. The average molecular weight is 263 g/mol. The molecule has 1 aliphatic rings. The molecule has 1 fully saturated rings. The summed E-state index contributed by atoms with van der Waals surface area (Å²) in [6.45, 7) is 8.58. The number of aliphatic hydroxyl groups is 1. The highest BCUT2D eigenvalue weighted by Crippen LogP contribution is 2.24. The minimum absolute atomic E-state index is 0.213. The highest BCUT2D eigenvalue weighted by molar-refractivity contribution is 5.04. The molecule has 1 N–H and O–H groups in total. The van der Waals surface area contributed by atoms with E-state index >= 15 is 0 Å². The zero-order valence-corrected chi connectivity index (χ0v) is 12.2. The van der Waals surface area contributed by atoms with Crippen LogP contribution >= 0.6 is 0 Å². The van der Waals surface area contributed by atoms with Crippen LogP contribution in [-0.2, 0) is 6.54 Å². The van der Waals surface area contributed by atoms with Gasteiger partial charge in [0.25, 0.3) is 0 Å². The molecule has 0 radical (unpaired) electrons. The van der Waals surface area contributed by atoms with Gasteiger partial charge in [-0.1, -0.05) is 19.9 Å². The van der Waals surface area contributed by atoms with Crippen LogP contribution in [0.5, 0.6) is 0 Å². The lowest BCUT2D eigenvalue weighted by molar-refractivity contribution is 0.125. The van der Waals surface area contributed by atoms with Gasteiger partial charge in [0.1, 0.15) is 0 Å². The van der Waals surface area contributed by atoms with Gasteiger partial charge in [0, 0.05) is 38.4 Å². The number of aromatic nitrogens is 1. The van der Waals surface area contributed by atoms with E-state index in [2.05, 4.69) is 41.7 Å². The van der Waals surface area contributed by atoms with Crippen LogP contribution in [0.15, 0.2) is 24.4 Å². The Morgan fingerprint density at radius 3 is 2.79 bits per heavy atom. The lowest BCUT2D eigenvalue weighted by atomic mass is 9.92. The van der Waals surface area contributed by atoms with E-state index in [-0.39, 0.29) is 18.1 Å². The zero-order chi connectivity index (χ0) is 13.9. The summed E-state index contributed by atoms with van der Waals surface area (Å²) in [6.07, 6.45) is 1.84. The third-order valence-corrected chi connectivity index (χ3v) is 3.74. The highest BCUT2D eigenvalue weighted by Gasteiger charge is 2.32. The maximum atomic E-state index is 9.56. The van der Waals surface area contributed by atoms with Crippen LogP contribution in [0.3, 0.4) is 0 Å². The van der Waals surface area contributed by atoms with Gasteiger partial charge in [0.05, 0.1) is 12.3 Å². The fraction of sp³-hybridized carbons (Fsp3) is 0.667. The fourth-order valence-electron chi connectivity index (χ4n) is 3.00. The lowest BCUT2D eigenvalue weighted by Crippen LogP contribution is -2.41. The Labute approximate surface area is 116 Å². The zero-order valence-electron chi connectivity index (χ0n) is 12.2. The second-order valence-corrected chi connectivity index (χ2v) is 6.41. The number of hydrogen-bond acceptors (Lipinski definition) is 4. The van der Waals surface area contributed by atoms with Gasteiger partial charge in [-0.25, -0.2) is 0 Å². The van der Waals surface area contributed by atoms with E-state index in [4.69, 9.17) is 0 Å². The summed E-state index contributed by atoms with van der Waals surface area (Å²) in [4.78, 5) is 9.09. The maximum absolute atomic E-state index is 9.56. The second-order valence-electron chi connectivity index (χ2n) is 6.41. The molecule has 1 aromatic rings. The van der Waals surface area contributed by atoms with Gasteiger partial charge in [0.2, 0.25) is 0 Å². The van der Waals surface area contributed by atoms with Gasteiger partial charge >= 0.3 is 0 Å². The van der Waals surface area contributed by atoms with E-state index in [1.165, 1.54) is 0 Å². The molecule has 2 heterocycles. The molecule has 0 bridgehead atoms. The van der Waals surface area contributed by atoms with Gasteiger partial charge < -0.3 is 5.11 Å². The Hall–Kier alpha value is -0.970. The van der Waals surface area contributed by atoms with E-state index in [0.717, 1.165) is 31.9 Å². The molecule has 4 heteroatoms. The molecule has 0 aromatic carbocycles. The molecule has 0 saturated carbocycles. The Morgan fingerprint density at radius 2 is 2.16 bits per heavy atom. The summed E-state index contributed by atoms with van der Waals surface area (Å²) in [6, 6.07) is 6.25. The molecule has 0 spiro atoms. The standard InChI is InChI=1S/C15H25N3O/c1-15(2)11-17(3)14(10-19)9-18(12-15)8-13-6-4-5-7-16-13/h4-7,14,19H,8-12H2,1-3H3. The van der Waals surface area contributed by atoms with Crippen molar-refractivity contribution in [2.45, 2.75) is 26.4 Å². The van der Waals surface area contributed by atoms with Crippen molar-refractivity contribution in [3.05, 3.63) is 30.1 Å². The lowest BCUT2D eigenvalue weighted by Gasteiger charge is -2.30. The first kappa shape index (κ1) is 14.4. The number of likely N-dealkylation sites (N-methyl/N-ethyl adjacent to an activating group) is 1. The van der Waals surface area contributed by atoms with Crippen molar-refractivity contribution in [3.8, 4) is 0 Å². The molecule has 0 amide bonds. The largest absolute Gasteiger partial charge is 0.395 e. The minimum atomic E-state index is 0.213. The number of aliphatic hydroxyl groups excluding tert-OH is 1. The predicted molar refractivity (Wildman–Crippen MR) is 76.8 cm³/mol. The Kier molecular flexibility index (Phi) is 4.55. The van der Waals surface area contributed by atoms with E-state index in [9.17, 15) is 5.11 Å². The van der Waals surface area contributed by atoms with Crippen molar-refractivity contribution in [1.82, 2.24) is 14.8 Å². The van der Waals surface area contributed by atoms with Crippen LogP contribution in [-0.4, -0.2) is 59.2 Å². The summed E-state index contributed by atoms with van der Waals surface area (Å²) < 4.78 is 0. The van der Waals surface area contributed by atoms with Gasteiger partial charge in [-0.3, -0.25) is 14.8 Å². The maximum Gasteiger partial charge on any atom is 0.0599 e. The number of rotatable bonds is 3. The molecule has 1 unspecified atom stereocenters. The van der Waals surface area contributed by atoms with E-state index in [1.54, 1.807) is 0 Å². The first-order chi connectivity index (χ1) is 9.00. The molecule has 1 saturated heterocycles. The van der Waals surface area contributed by atoms with Crippen LogP contribution in [0.2, 0.25) is 0 Å². The molecular formula is C15H25N3O. The first-order valence-electron chi connectivity index (χ1n) is 6.93. The topological polar surface area (TPSA) is 39.6 Å². The second kappa shape index (κ2) is 5.99. The molecule has 0 aliphatic carbocycles. The average Bonchev–Trinajstić information content (AvgIpc) is 2.45. The van der Waals surface area contributed by atoms with Crippen molar-refractivity contribution in [2.75, 3.05) is 33.3 Å². The number of pyridine rings is 1. The molecular weight excluding hydrogens is 238 g/mol. The van der Waals surface area contributed by atoms with Crippen LogP contribution in [0.25, 0.3) is 0 Å². The van der Waals surface area contributed by atoms with Crippen molar-refractivity contribution >= 4 is 0 Å². The fourth-order valence-corrected chi connectivity index (χ4v) is 3.00. The van der Waals surface area contributed by atoms with E-state index < -0.39 is 0 Å². The normalized spacial score (nSPS) is 25.2. The summed E-state index contributed by atoms with van der Waals surface area (Å²) in [7, 11) is 2.10.